The molecule has 9 heteroatoms. The lowest BCUT2D eigenvalue weighted by Crippen LogP contribution is -2.26. The Kier molecular flexibility index (Phi) is 3.33. The summed E-state index contributed by atoms with van der Waals surface area (Å²) in [4.78, 5) is 15.7. The number of aryl methyl sites for hydroxylation is 2. The van der Waals surface area contributed by atoms with Crippen LogP contribution < -0.4 is 10.1 Å². The first-order valence-electron chi connectivity index (χ1n) is 6.31. The minimum Gasteiger partial charge on any atom is -0.408 e. The highest BCUT2D eigenvalue weighted by atomic mass is 32.2. The fourth-order valence-electron chi connectivity index (χ4n) is 2.02. The maximum absolute atomic E-state index is 12.6. The van der Waals surface area contributed by atoms with Gasteiger partial charge < -0.3 is 4.42 Å². The van der Waals surface area contributed by atoms with Gasteiger partial charge >= 0.3 is 5.76 Å². The molecule has 116 valence electrons. The normalized spacial score (nSPS) is 12.0. The quantitative estimate of drug-likeness (QED) is 0.725. The molecule has 0 bridgehead atoms. The average molecular weight is 339 g/mol. The number of rotatable bonds is 3. The zero-order chi connectivity index (χ0) is 16.1. The van der Waals surface area contributed by atoms with Crippen molar-refractivity contribution in [3.8, 4) is 0 Å². The molecule has 0 unspecified atom stereocenters. The molecule has 7 nitrogen and oxygen atoms in total. The Morgan fingerprint density at radius 2 is 2.09 bits per heavy atom. The standard InChI is InChI=1S/C13H13N3O4S2/c1-8-7-21-12(14-8)16(3)22(18,19)9-4-5-10-11(6-9)20-13(17)15(10)2/h4-7H,1-3H3. The maximum atomic E-state index is 12.6. The van der Waals surface area contributed by atoms with E-state index in [2.05, 4.69) is 4.98 Å². The van der Waals surface area contributed by atoms with Crippen LogP contribution in [0, 0.1) is 6.92 Å². The Morgan fingerprint density at radius 3 is 2.73 bits per heavy atom. The lowest BCUT2D eigenvalue weighted by molar-refractivity contribution is 0.527. The minimum absolute atomic E-state index is 0.0460. The van der Waals surface area contributed by atoms with E-state index in [-0.39, 0.29) is 10.5 Å². The lowest BCUT2D eigenvalue weighted by atomic mass is 10.3. The van der Waals surface area contributed by atoms with Gasteiger partial charge in [0.15, 0.2) is 10.7 Å². The molecule has 0 fully saturated rings. The van der Waals surface area contributed by atoms with Crippen LogP contribution in [0.1, 0.15) is 5.69 Å². The van der Waals surface area contributed by atoms with Gasteiger partial charge in [0.25, 0.3) is 10.0 Å². The topological polar surface area (TPSA) is 85.4 Å². The number of thiazole rings is 1. The summed E-state index contributed by atoms with van der Waals surface area (Å²) in [6.07, 6.45) is 0. The highest BCUT2D eigenvalue weighted by Crippen LogP contribution is 2.26. The van der Waals surface area contributed by atoms with Crippen molar-refractivity contribution in [2.75, 3.05) is 11.4 Å². The van der Waals surface area contributed by atoms with Gasteiger partial charge in [-0.2, -0.15) is 0 Å². The number of hydrogen-bond acceptors (Lipinski definition) is 6. The van der Waals surface area contributed by atoms with E-state index in [4.69, 9.17) is 4.42 Å². The summed E-state index contributed by atoms with van der Waals surface area (Å²) in [5.74, 6) is -0.534. The number of aromatic nitrogens is 2. The summed E-state index contributed by atoms with van der Waals surface area (Å²) in [5, 5.41) is 2.16. The van der Waals surface area contributed by atoms with E-state index in [9.17, 15) is 13.2 Å². The first-order valence-corrected chi connectivity index (χ1v) is 8.63. The van der Waals surface area contributed by atoms with Crippen molar-refractivity contribution in [1.29, 1.82) is 0 Å². The Morgan fingerprint density at radius 1 is 1.36 bits per heavy atom. The minimum atomic E-state index is -3.76. The molecule has 0 aliphatic carbocycles. The monoisotopic (exact) mass is 339 g/mol. The molecule has 0 atom stereocenters. The van der Waals surface area contributed by atoms with Gasteiger partial charge in [-0.3, -0.25) is 4.57 Å². The molecule has 0 spiro atoms. The number of hydrogen-bond donors (Lipinski definition) is 0. The predicted octanol–water partition coefficient (Wildman–Crippen LogP) is 1.72. The number of sulfonamides is 1. The fraction of sp³-hybridized carbons (Fsp3) is 0.231. The zero-order valence-electron chi connectivity index (χ0n) is 12.1. The van der Waals surface area contributed by atoms with Gasteiger partial charge in [-0.15, -0.1) is 11.3 Å². The van der Waals surface area contributed by atoms with Crippen molar-refractivity contribution in [3.05, 3.63) is 39.8 Å². The highest BCUT2D eigenvalue weighted by molar-refractivity contribution is 7.93. The van der Waals surface area contributed by atoms with Crippen LogP contribution in [0.4, 0.5) is 5.13 Å². The largest absolute Gasteiger partial charge is 0.419 e. The SMILES string of the molecule is Cc1csc(N(C)S(=O)(=O)c2ccc3c(c2)oc(=O)n3C)n1. The summed E-state index contributed by atoms with van der Waals surface area (Å²) in [7, 11) is -0.758. The van der Waals surface area contributed by atoms with Crippen LogP contribution in [-0.4, -0.2) is 25.0 Å². The van der Waals surface area contributed by atoms with Crippen LogP contribution >= 0.6 is 11.3 Å². The van der Waals surface area contributed by atoms with Gasteiger partial charge in [0, 0.05) is 25.5 Å². The van der Waals surface area contributed by atoms with Crippen LogP contribution in [0.25, 0.3) is 11.1 Å². The zero-order valence-corrected chi connectivity index (χ0v) is 13.7. The third-order valence-electron chi connectivity index (χ3n) is 3.30. The van der Waals surface area contributed by atoms with Crippen molar-refractivity contribution in [1.82, 2.24) is 9.55 Å². The van der Waals surface area contributed by atoms with Crippen molar-refractivity contribution >= 4 is 37.6 Å². The molecule has 2 aromatic heterocycles. The third kappa shape index (κ3) is 2.22. The number of nitrogens with zero attached hydrogens (tertiary/aromatic N) is 3. The van der Waals surface area contributed by atoms with E-state index in [1.165, 1.54) is 35.1 Å². The van der Waals surface area contributed by atoms with Gasteiger partial charge in [0.2, 0.25) is 0 Å². The molecule has 0 aliphatic heterocycles. The Balaban J connectivity index is 2.10. The average Bonchev–Trinajstić information content (AvgIpc) is 3.02. The first kappa shape index (κ1) is 14.8. The van der Waals surface area contributed by atoms with Gasteiger partial charge in [-0.25, -0.2) is 22.5 Å². The molecule has 3 rings (SSSR count). The number of benzene rings is 1. The summed E-state index contributed by atoms with van der Waals surface area (Å²) in [6, 6.07) is 4.35. The summed E-state index contributed by atoms with van der Waals surface area (Å²) >= 11 is 1.25. The molecular weight excluding hydrogens is 326 g/mol. The third-order valence-corrected chi connectivity index (χ3v) is 6.19. The molecule has 0 N–H and O–H groups in total. The van der Waals surface area contributed by atoms with E-state index in [0.717, 1.165) is 10.00 Å². The highest BCUT2D eigenvalue weighted by Gasteiger charge is 2.24. The molecule has 3 aromatic rings. The predicted molar refractivity (Wildman–Crippen MR) is 83.9 cm³/mol. The van der Waals surface area contributed by atoms with Gasteiger partial charge in [0.05, 0.1) is 16.1 Å². The molecule has 0 aliphatic rings. The van der Waals surface area contributed by atoms with Gasteiger partial charge in [-0.05, 0) is 19.1 Å². The molecule has 0 amide bonds. The van der Waals surface area contributed by atoms with Crippen molar-refractivity contribution in [2.45, 2.75) is 11.8 Å². The van der Waals surface area contributed by atoms with Crippen molar-refractivity contribution in [2.24, 2.45) is 7.05 Å². The summed E-state index contributed by atoms with van der Waals surface area (Å²) in [5.41, 5.74) is 1.53. The first-order chi connectivity index (χ1) is 10.3. The van der Waals surface area contributed by atoms with Crippen LogP contribution in [-0.2, 0) is 17.1 Å². The van der Waals surface area contributed by atoms with Crippen molar-refractivity contribution < 1.29 is 12.8 Å². The summed E-state index contributed by atoms with van der Waals surface area (Å²) in [6.45, 7) is 1.80. The second kappa shape index (κ2) is 4.96. The van der Waals surface area contributed by atoms with E-state index >= 15 is 0 Å². The van der Waals surface area contributed by atoms with E-state index in [0.29, 0.717) is 10.6 Å². The van der Waals surface area contributed by atoms with E-state index in [1.54, 1.807) is 25.4 Å². The lowest BCUT2D eigenvalue weighted by Gasteiger charge is -2.16. The molecule has 22 heavy (non-hydrogen) atoms. The fourth-order valence-corrected chi connectivity index (χ4v) is 4.18. The number of fused-ring (bicyclic) bond motifs is 1. The number of oxazole rings is 1. The molecule has 0 radical (unpaired) electrons. The molecular formula is C13H13N3O4S2. The Labute approximate surface area is 130 Å². The van der Waals surface area contributed by atoms with Crippen LogP contribution in [0.2, 0.25) is 0 Å². The van der Waals surface area contributed by atoms with Crippen molar-refractivity contribution in [3.63, 3.8) is 0 Å². The maximum Gasteiger partial charge on any atom is 0.419 e. The Hall–Kier alpha value is -2.13. The molecule has 0 saturated carbocycles. The van der Waals surface area contributed by atoms with Gasteiger partial charge in [0.1, 0.15) is 0 Å². The van der Waals surface area contributed by atoms with Gasteiger partial charge in [-0.1, -0.05) is 0 Å². The van der Waals surface area contributed by atoms with Crippen LogP contribution in [0.15, 0.2) is 37.7 Å². The van der Waals surface area contributed by atoms with E-state index < -0.39 is 15.8 Å². The summed E-state index contributed by atoms with van der Waals surface area (Å²) < 4.78 is 32.8. The molecule has 1 aromatic carbocycles. The number of anilines is 1. The van der Waals surface area contributed by atoms with Crippen LogP contribution in [0.5, 0.6) is 0 Å². The van der Waals surface area contributed by atoms with Crippen LogP contribution in [0.3, 0.4) is 0 Å². The molecule has 2 heterocycles. The smallest absolute Gasteiger partial charge is 0.408 e. The second-order valence-corrected chi connectivity index (χ2v) is 7.61. The second-order valence-electron chi connectivity index (χ2n) is 4.80. The Bertz CT molecular complexity index is 1010. The molecule has 0 saturated heterocycles. The van der Waals surface area contributed by atoms with E-state index in [1.807, 2.05) is 0 Å².